The Balaban J connectivity index is 1.86. The van der Waals surface area contributed by atoms with E-state index in [-0.39, 0.29) is 23.4 Å². The first-order valence-corrected chi connectivity index (χ1v) is 7.75. The molecule has 2 aromatic rings. The van der Waals surface area contributed by atoms with E-state index in [1.54, 1.807) is 6.92 Å². The highest BCUT2D eigenvalue weighted by Gasteiger charge is 2.42. The van der Waals surface area contributed by atoms with Crippen molar-refractivity contribution in [3.8, 4) is 17.0 Å². The molecule has 1 aromatic heterocycles. The Morgan fingerprint density at radius 2 is 1.96 bits per heavy atom. The fourth-order valence-corrected chi connectivity index (χ4v) is 2.65. The first-order chi connectivity index (χ1) is 11.7. The molecule has 1 saturated carbocycles. The van der Waals surface area contributed by atoms with Gasteiger partial charge in [-0.3, -0.25) is 0 Å². The molecule has 0 unspecified atom stereocenters. The Bertz CT molecular complexity index is 791. The number of halogens is 3. The van der Waals surface area contributed by atoms with Crippen molar-refractivity contribution >= 4 is 5.95 Å². The smallest absolute Gasteiger partial charge is 0.416 e. The molecule has 6 nitrogen and oxygen atoms in total. The maximum Gasteiger partial charge on any atom is 0.416 e. The summed E-state index contributed by atoms with van der Waals surface area (Å²) in [4.78, 5) is 4.27. The molecule has 25 heavy (non-hydrogen) atoms. The Hall–Kier alpha value is -2.42. The molecule has 3 N–H and O–H groups in total. The highest BCUT2D eigenvalue weighted by atomic mass is 19.4. The van der Waals surface area contributed by atoms with Crippen LogP contribution in [0.3, 0.4) is 0 Å². The van der Waals surface area contributed by atoms with Crippen LogP contribution in [0.2, 0.25) is 0 Å². The van der Waals surface area contributed by atoms with Gasteiger partial charge in [-0.1, -0.05) is 0 Å². The number of aromatic nitrogens is 3. The summed E-state index contributed by atoms with van der Waals surface area (Å²) in [5.74, 6) is -0.243. The first kappa shape index (κ1) is 17.4. The topological polar surface area (TPSA) is 91.2 Å². The molecule has 0 atom stereocenters. The van der Waals surface area contributed by atoms with E-state index in [0.717, 1.165) is 25.0 Å². The standard InChI is InChI=1S/C16H17F3N4O2/c1-9-13(11-3-2-10(8-12(11)25)16(17,18)19)22-23-14(20-9)21-15(4-5-15)6-7-24/h2-3,8,24-25H,4-7H2,1H3,(H,20,21,23). The van der Waals surface area contributed by atoms with Crippen LogP contribution in [0.15, 0.2) is 18.2 Å². The molecular weight excluding hydrogens is 337 g/mol. The van der Waals surface area contributed by atoms with Crippen LogP contribution >= 0.6 is 0 Å². The summed E-state index contributed by atoms with van der Waals surface area (Å²) in [6, 6.07) is 2.68. The minimum absolute atomic E-state index is 0.0525. The van der Waals surface area contributed by atoms with Crippen LogP contribution in [-0.2, 0) is 6.18 Å². The van der Waals surface area contributed by atoms with Crippen molar-refractivity contribution in [3.05, 3.63) is 29.5 Å². The summed E-state index contributed by atoms with van der Waals surface area (Å²) in [5.41, 5.74) is -0.379. The van der Waals surface area contributed by atoms with Gasteiger partial charge in [-0.2, -0.15) is 13.2 Å². The van der Waals surface area contributed by atoms with Gasteiger partial charge in [0.05, 0.1) is 11.3 Å². The lowest BCUT2D eigenvalue weighted by atomic mass is 10.1. The maximum absolute atomic E-state index is 12.7. The zero-order valence-corrected chi connectivity index (χ0v) is 13.4. The predicted octanol–water partition coefficient (Wildman–Crippen LogP) is 2.90. The Kier molecular flexibility index (Phi) is 4.28. The van der Waals surface area contributed by atoms with Crippen LogP contribution in [-0.4, -0.2) is 37.5 Å². The molecule has 0 spiro atoms. The van der Waals surface area contributed by atoms with Gasteiger partial charge in [0.1, 0.15) is 11.4 Å². The number of hydrogen-bond acceptors (Lipinski definition) is 6. The number of nitrogens with zero attached hydrogens (tertiary/aromatic N) is 3. The number of alkyl halides is 3. The number of aliphatic hydroxyl groups is 1. The van der Waals surface area contributed by atoms with E-state index in [1.807, 2.05) is 0 Å². The molecule has 1 aromatic carbocycles. The predicted molar refractivity (Wildman–Crippen MR) is 84.0 cm³/mol. The molecule has 1 fully saturated rings. The van der Waals surface area contributed by atoms with Gasteiger partial charge in [0.25, 0.3) is 0 Å². The molecule has 0 bridgehead atoms. The van der Waals surface area contributed by atoms with Gasteiger partial charge in [0, 0.05) is 17.7 Å². The molecule has 134 valence electrons. The van der Waals surface area contributed by atoms with Crippen LogP contribution in [0.5, 0.6) is 5.75 Å². The lowest BCUT2D eigenvalue weighted by Crippen LogP contribution is -2.24. The van der Waals surface area contributed by atoms with Gasteiger partial charge in [-0.15, -0.1) is 10.2 Å². The number of phenolic OH excluding ortho intramolecular Hbond substituents is 1. The quantitative estimate of drug-likeness (QED) is 0.765. The van der Waals surface area contributed by atoms with Crippen molar-refractivity contribution in [2.75, 3.05) is 11.9 Å². The van der Waals surface area contributed by atoms with Crippen molar-refractivity contribution in [1.29, 1.82) is 0 Å². The lowest BCUT2D eigenvalue weighted by molar-refractivity contribution is -0.137. The second-order valence-corrected chi connectivity index (χ2v) is 6.18. The van der Waals surface area contributed by atoms with E-state index in [2.05, 4.69) is 20.5 Å². The van der Waals surface area contributed by atoms with Crippen molar-refractivity contribution < 1.29 is 23.4 Å². The fraction of sp³-hybridized carbons (Fsp3) is 0.438. The number of rotatable bonds is 5. The number of anilines is 1. The zero-order valence-electron chi connectivity index (χ0n) is 13.4. The molecule has 1 aliphatic carbocycles. The van der Waals surface area contributed by atoms with Gasteiger partial charge in [-0.25, -0.2) is 4.98 Å². The Labute approximate surface area is 141 Å². The third-order valence-corrected chi connectivity index (χ3v) is 4.26. The van der Waals surface area contributed by atoms with Crippen molar-refractivity contribution in [3.63, 3.8) is 0 Å². The summed E-state index contributed by atoms with van der Waals surface area (Å²) >= 11 is 0. The molecule has 0 amide bonds. The second-order valence-electron chi connectivity index (χ2n) is 6.18. The van der Waals surface area contributed by atoms with E-state index < -0.39 is 17.5 Å². The third kappa shape index (κ3) is 3.65. The summed E-state index contributed by atoms with van der Waals surface area (Å²) in [5, 5.41) is 30.1. The zero-order chi connectivity index (χ0) is 18.2. The Morgan fingerprint density at radius 3 is 2.48 bits per heavy atom. The maximum atomic E-state index is 12.7. The van der Waals surface area contributed by atoms with Crippen LogP contribution in [0.1, 0.15) is 30.5 Å². The van der Waals surface area contributed by atoms with Crippen LogP contribution < -0.4 is 5.32 Å². The van der Waals surface area contributed by atoms with E-state index in [4.69, 9.17) is 5.11 Å². The van der Waals surface area contributed by atoms with Crippen molar-refractivity contribution in [1.82, 2.24) is 15.2 Å². The van der Waals surface area contributed by atoms with Crippen molar-refractivity contribution in [2.24, 2.45) is 0 Å². The number of aryl methyl sites for hydroxylation is 1. The van der Waals surface area contributed by atoms with Crippen LogP contribution in [0.25, 0.3) is 11.3 Å². The monoisotopic (exact) mass is 354 g/mol. The van der Waals surface area contributed by atoms with Gasteiger partial charge in [0.15, 0.2) is 0 Å². The first-order valence-electron chi connectivity index (χ1n) is 7.75. The molecule has 9 heteroatoms. The summed E-state index contributed by atoms with van der Waals surface area (Å²) in [7, 11) is 0. The average Bonchev–Trinajstić information content (AvgIpc) is 3.27. The van der Waals surface area contributed by atoms with E-state index in [1.165, 1.54) is 0 Å². The van der Waals surface area contributed by atoms with E-state index in [9.17, 15) is 18.3 Å². The molecule has 0 radical (unpaired) electrons. The molecule has 0 aliphatic heterocycles. The van der Waals surface area contributed by atoms with Gasteiger partial charge in [0.2, 0.25) is 5.95 Å². The lowest BCUT2D eigenvalue weighted by Gasteiger charge is -2.16. The highest BCUT2D eigenvalue weighted by molar-refractivity contribution is 5.69. The number of nitrogens with one attached hydrogen (secondary N) is 1. The summed E-state index contributed by atoms with van der Waals surface area (Å²) in [6.07, 6.45) is -2.15. The fourth-order valence-electron chi connectivity index (χ4n) is 2.65. The number of benzene rings is 1. The minimum atomic E-state index is -4.53. The number of phenols is 1. The molecule has 3 rings (SSSR count). The number of aliphatic hydroxyl groups excluding tert-OH is 1. The van der Waals surface area contributed by atoms with Gasteiger partial charge in [-0.05, 0) is 44.4 Å². The van der Waals surface area contributed by atoms with Gasteiger partial charge >= 0.3 is 6.18 Å². The van der Waals surface area contributed by atoms with E-state index in [0.29, 0.717) is 24.1 Å². The SMILES string of the molecule is Cc1nc(NC2(CCO)CC2)nnc1-c1ccc(C(F)(F)F)cc1O. The largest absolute Gasteiger partial charge is 0.507 e. The average molecular weight is 354 g/mol. The number of hydrogen-bond donors (Lipinski definition) is 3. The number of aromatic hydroxyl groups is 1. The summed E-state index contributed by atoms with van der Waals surface area (Å²) in [6.45, 7) is 1.69. The summed E-state index contributed by atoms with van der Waals surface area (Å²) < 4.78 is 38.0. The molecule has 1 aliphatic rings. The third-order valence-electron chi connectivity index (χ3n) is 4.26. The molecular formula is C16H17F3N4O2. The van der Waals surface area contributed by atoms with E-state index >= 15 is 0 Å². The Morgan fingerprint density at radius 1 is 1.24 bits per heavy atom. The highest BCUT2D eigenvalue weighted by Crippen LogP contribution is 2.41. The molecule has 0 saturated heterocycles. The van der Waals surface area contributed by atoms with Crippen LogP contribution in [0.4, 0.5) is 19.1 Å². The van der Waals surface area contributed by atoms with Crippen LogP contribution in [0, 0.1) is 6.92 Å². The molecule has 1 heterocycles. The minimum Gasteiger partial charge on any atom is -0.507 e. The van der Waals surface area contributed by atoms with Gasteiger partial charge < -0.3 is 15.5 Å². The second kappa shape index (κ2) is 6.14. The normalized spacial score (nSPS) is 15.9. The van der Waals surface area contributed by atoms with Crippen molar-refractivity contribution in [2.45, 2.75) is 37.9 Å².